The van der Waals surface area contributed by atoms with Crippen molar-refractivity contribution in [2.24, 2.45) is 5.73 Å². The normalized spacial score (nSPS) is 18.1. The van der Waals surface area contributed by atoms with Gasteiger partial charge in [0.15, 0.2) is 0 Å². The summed E-state index contributed by atoms with van der Waals surface area (Å²) in [4.78, 5) is 2.26. The predicted molar refractivity (Wildman–Crippen MR) is 60.8 cm³/mol. The molecule has 1 unspecified atom stereocenters. The quantitative estimate of drug-likeness (QED) is 0.858. The number of halogens is 2. The number of benzene rings is 1. The standard InChI is InChI=1S/C12H16F2N2/c13-12(14)11(15)9-3-5-10(6-4-9)16-7-1-2-8-16/h3-6,11-12H,1-2,7-8,15H2. The Morgan fingerprint density at radius 2 is 1.62 bits per heavy atom. The Bertz CT molecular complexity index is 310. The van der Waals surface area contributed by atoms with Crippen molar-refractivity contribution >= 4 is 5.69 Å². The number of hydrogen-bond acceptors (Lipinski definition) is 2. The average molecular weight is 226 g/mol. The highest BCUT2D eigenvalue weighted by Gasteiger charge is 2.18. The molecule has 0 amide bonds. The van der Waals surface area contributed by atoms with Gasteiger partial charge in [0.25, 0.3) is 6.43 Å². The van der Waals surface area contributed by atoms with E-state index in [2.05, 4.69) is 4.90 Å². The van der Waals surface area contributed by atoms with E-state index in [-0.39, 0.29) is 0 Å². The van der Waals surface area contributed by atoms with Crippen LogP contribution in [0.15, 0.2) is 24.3 Å². The fourth-order valence-electron chi connectivity index (χ4n) is 2.03. The Morgan fingerprint density at radius 1 is 1.06 bits per heavy atom. The number of hydrogen-bond donors (Lipinski definition) is 1. The van der Waals surface area contributed by atoms with Crippen molar-refractivity contribution in [1.29, 1.82) is 0 Å². The molecule has 1 heterocycles. The zero-order valence-electron chi connectivity index (χ0n) is 9.07. The summed E-state index contributed by atoms with van der Waals surface area (Å²) in [6.07, 6.45) is -0.0889. The van der Waals surface area contributed by atoms with E-state index in [1.165, 1.54) is 12.8 Å². The monoisotopic (exact) mass is 226 g/mol. The summed E-state index contributed by atoms with van der Waals surface area (Å²) in [6.45, 7) is 2.11. The molecule has 1 saturated heterocycles. The highest BCUT2D eigenvalue weighted by atomic mass is 19.3. The number of nitrogens with zero attached hydrogens (tertiary/aromatic N) is 1. The predicted octanol–water partition coefficient (Wildman–Crippen LogP) is 2.55. The molecule has 16 heavy (non-hydrogen) atoms. The lowest BCUT2D eigenvalue weighted by Crippen LogP contribution is -2.20. The molecule has 1 aromatic carbocycles. The lowest BCUT2D eigenvalue weighted by molar-refractivity contribution is 0.116. The van der Waals surface area contributed by atoms with E-state index in [1.54, 1.807) is 12.1 Å². The fourth-order valence-corrected chi connectivity index (χ4v) is 2.03. The van der Waals surface area contributed by atoms with Gasteiger partial charge in [-0.3, -0.25) is 0 Å². The molecule has 1 aliphatic rings. The van der Waals surface area contributed by atoms with Crippen LogP contribution < -0.4 is 10.6 Å². The molecule has 0 saturated carbocycles. The van der Waals surface area contributed by atoms with Crippen LogP contribution in [0.1, 0.15) is 24.4 Å². The van der Waals surface area contributed by atoms with Crippen LogP contribution in [0.4, 0.5) is 14.5 Å². The van der Waals surface area contributed by atoms with Crippen LogP contribution in [0.5, 0.6) is 0 Å². The van der Waals surface area contributed by atoms with E-state index in [4.69, 9.17) is 5.73 Å². The number of alkyl halides is 2. The van der Waals surface area contributed by atoms with Crippen molar-refractivity contribution in [2.75, 3.05) is 18.0 Å². The van der Waals surface area contributed by atoms with Crippen LogP contribution in [0.2, 0.25) is 0 Å². The van der Waals surface area contributed by atoms with E-state index in [1.807, 2.05) is 12.1 Å². The van der Waals surface area contributed by atoms with Gasteiger partial charge in [0, 0.05) is 18.8 Å². The molecular weight excluding hydrogens is 210 g/mol. The van der Waals surface area contributed by atoms with Gasteiger partial charge < -0.3 is 10.6 Å². The van der Waals surface area contributed by atoms with Crippen molar-refractivity contribution in [3.05, 3.63) is 29.8 Å². The van der Waals surface area contributed by atoms with E-state index >= 15 is 0 Å². The molecule has 0 bridgehead atoms. The lowest BCUT2D eigenvalue weighted by Gasteiger charge is -2.18. The van der Waals surface area contributed by atoms with Crippen molar-refractivity contribution in [3.63, 3.8) is 0 Å². The molecule has 0 aliphatic carbocycles. The van der Waals surface area contributed by atoms with Crippen molar-refractivity contribution in [3.8, 4) is 0 Å². The molecule has 1 atom stereocenters. The minimum absolute atomic E-state index is 0.498. The smallest absolute Gasteiger partial charge is 0.257 e. The number of nitrogens with two attached hydrogens (primary N) is 1. The second-order valence-electron chi connectivity index (χ2n) is 4.15. The first-order valence-electron chi connectivity index (χ1n) is 5.57. The van der Waals surface area contributed by atoms with E-state index < -0.39 is 12.5 Å². The minimum Gasteiger partial charge on any atom is -0.372 e. The molecule has 0 spiro atoms. The maximum Gasteiger partial charge on any atom is 0.257 e. The van der Waals surface area contributed by atoms with Gasteiger partial charge in [-0.1, -0.05) is 12.1 Å². The first-order chi connectivity index (χ1) is 7.68. The van der Waals surface area contributed by atoms with Crippen LogP contribution in [0.25, 0.3) is 0 Å². The van der Waals surface area contributed by atoms with Gasteiger partial charge in [0.1, 0.15) is 0 Å². The summed E-state index contributed by atoms with van der Waals surface area (Å²) in [5, 5.41) is 0. The van der Waals surface area contributed by atoms with Crippen LogP contribution in [0.3, 0.4) is 0 Å². The summed E-state index contributed by atoms with van der Waals surface area (Å²) in [5.41, 5.74) is 6.98. The Balaban J connectivity index is 2.09. The van der Waals surface area contributed by atoms with Crippen molar-refractivity contribution in [2.45, 2.75) is 25.3 Å². The van der Waals surface area contributed by atoms with Crippen LogP contribution >= 0.6 is 0 Å². The molecule has 2 rings (SSSR count). The maximum atomic E-state index is 12.4. The van der Waals surface area contributed by atoms with Crippen LogP contribution in [-0.4, -0.2) is 19.5 Å². The van der Waals surface area contributed by atoms with Gasteiger partial charge in [0.05, 0.1) is 6.04 Å². The molecule has 1 fully saturated rings. The summed E-state index contributed by atoms with van der Waals surface area (Å²) in [6, 6.07) is 5.98. The molecule has 2 N–H and O–H groups in total. The molecule has 2 nitrogen and oxygen atoms in total. The maximum absolute atomic E-state index is 12.4. The number of anilines is 1. The van der Waals surface area contributed by atoms with Crippen LogP contribution in [0, 0.1) is 0 Å². The topological polar surface area (TPSA) is 29.3 Å². The third-order valence-electron chi connectivity index (χ3n) is 3.02. The average Bonchev–Trinajstić information content (AvgIpc) is 2.81. The van der Waals surface area contributed by atoms with Gasteiger partial charge in [-0.25, -0.2) is 8.78 Å². The van der Waals surface area contributed by atoms with Gasteiger partial charge >= 0.3 is 0 Å². The second-order valence-corrected chi connectivity index (χ2v) is 4.15. The first-order valence-corrected chi connectivity index (χ1v) is 5.57. The summed E-state index contributed by atoms with van der Waals surface area (Å²) >= 11 is 0. The summed E-state index contributed by atoms with van der Waals surface area (Å²) in [7, 11) is 0. The van der Waals surface area contributed by atoms with Gasteiger partial charge in [-0.05, 0) is 30.5 Å². The van der Waals surface area contributed by atoms with Gasteiger partial charge in [0.2, 0.25) is 0 Å². The third kappa shape index (κ3) is 2.32. The second kappa shape index (κ2) is 4.78. The summed E-state index contributed by atoms with van der Waals surface area (Å²) in [5.74, 6) is 0. The van der Waals surface area contributed by atoms with Gasteiger partial charge in [-0.2, -0.15) is 0 Å². The van der Waals surface area contributed by atoms with E-state index in [0.29, 0.717) is 5.56 Å². The molecule has 4 heteroatoms. The zero-order valence-corrected chi connectivity index (χ0v) is 9.07. The Hall–Kier alpha value is -1.16. The molecule has 1 aliphatic heterocycles. The number of rotatable bonds is 3. The van der Waals surface area contributed by atoms with Crippen molar-refractivity contribution in [1.82, 2.24) is 0 Å². The minimum atomic E-state index is -2.50. The zero-order chi connectivity index (χ0) is 11.5. The van der Waals surface area contributed by atoms with E-state index in [0.717, 1.165) is 18.8 Å². The van der Waals surface area contributed by atoms with Crippen LogP contribution in [-0.2, 0) is 0 Å². The highest BCUT2D eigenvalue weighted by molar-refractivity contribution is 5.48. The highest BCUT2D eigenvalue weighted by Crippen LogP contribution is 2.24. The Kier molecular flexibility index (Phi) is 3.39. The first kappa shape index (κ1) is 11.3. The van der Waals surface area contributed by atoms with E-state index in [9.17, 15) is 8.78 Å². The lowest BCUT2D eigenvalue weighted by atomic mass is 10.1. The fraction of sp³-hybridized carbons (Fsp3) is 0.500. The SMILES string of the molecule is NC(c1ccc(N2CCCC2)cc1)C(F)F. The molecule has 0 aromatic heterocycles. The molecule has 1 aromatic rings. The van der Waals surface area contributed by atoms with Gasteiger partial charge in [-0.15, -0.1) is 0 Å². The third-order valence-corrected chi connectivity index (χ3v) is 3.02. The largest absolute Gasteiger partial charge is 0.372 e. The van der Waals surface area contributed by atoms with Crippen molar-refractivity contribution < 1.29 is 8.78 Å². The molecule has 0 radical (unpaired) electrons. The Labute approximate surface area is 94.0 Å². The summed E-state index contributed by atoms with van der Waals surface area (Å²) < 4.78 is 24.8. The Morgan fingerprint density at radius 3 is 2.12 bits per heavy atom. The molecule has 88 valence electrons. The molecular formula is C12H16F2N2.